The van der Waals surface area contributed by atoms with E-state index in [0.717, 1.165) is 12.8 Å². The summed E-state index contributed by atoms with van der Waals surface area (Å²) in [6.45, 7) is 2.78. The van der Waals surface area contributed by atoms with E-state index in [4.69, 9.17) is 16.4 Å². The van der Waals surface area contributed by atoms with E-state index in [1.54, 1.807) is 0 Å². The predicted octanol–water partition coefficient (Wildman–Crippen LogP) is 1.80. The van der Waals surface area contributed by atoms with Crippen LogP contribution in [0.1, 0.15) is 26.2 Å². The molecule has 13 heavy (non-hydrogen) atoms. The molecule has 0 fully saturated rings. The number of rotatable bonds is 5. The molecule has 0 spiro atoms. The van der Waals surface area contributed by atoms with E-state index in [1.807, 2.05) is 0 Å². The van der Waals surface area contributed by atoms with Crippen LogP contribution in [0.25, 0.3) is 0 Å². The number of halogens is 1. The zero-order chi connectivity index (χ0) is 9.52. The maximum absolute atomic E-state index is 5.62. The molecular weight excluding hydrogens is 190 g/mol. The molecule has 1 heterocycles. The standard InChI is InChI=1S/C8H13ClN3O/c1-2-3-4-7-13-12-10-6-5-8(9)11-12/h5,10H,2-4,7H2,1H3. The summed E-state index contributed by atoms with van der Waals surface area (Å²) >= 11 is 5.62. The molecule has 5 heteroatoms. The smallest absolute Gasteiger partial charge is 0.155 e. The van der Waals surface area contributed by atoms with Crippen LogP contribution in [0, 0.1) is 6.20 Å². The van der Waals surface area contributed by atoms with Gasteiger partial charge in [-0.2, -0.15) is 0 Å². The molecule has 1 aliphatic heterocycles. The van der Waals surface area contributed by atoms with Crippen LogP contribution < -0.4 is 5.43 Å². The van der Waals surface area contributed by atoms with Gasteiger partial charge < -0.3 is 0 Å². The minimum Gasteiger partial charge on any atom is -0.255 e. The molecule has 0 bridgehead atoms. The van der Waals surface area contributed by atoms with E-state index < -0.39 is 0 Å². The number of hydrazine groups is 1. The van der Waals surface area contributed by atoms with Gasteiger partial charge in [0, 0.05) is 6.08 Å². The summed E-state index contributed by atoms with van der Waals surface area (Å²) in [5, 5.41) is 5.42. The van der Waals surface area contributed by atoms with E-state index >= 15 is 0 Å². The monoisotopic (exact) mass is 202 g/mol. The van der Waals surface area contributed by atoms with Crippen molar-refractivity contribution in [1.82, 2.24) is 10.7 Å². The maximum atomic E-state index is 5.62. The van der Waals surface area contributed by atoms with Gasteiger partial charge in [-0.25, -0.2) is 4.84 Å². The first-order valence-electron chi connectivity index (χ1n) is 4.34. The fraction of sp³-hybridized carbons (Fsp3) is 0.625. The Kier molecular flexibility index (Phi) is 4.64. The minimum absolute atomic E-state index is 0.356. The number of nitrogens with zero attached hydrogens (tertiary/aromatic N) is 2. The van der Waals surface area contributed by atoms with Gasteiger partial charge in [-0.15, -0.1) is 5.10 Å². The van der Waals surface area contributed by atoms with Crippen LogP contribution >= 0.6 is 11.6 Å². The summed E-state index contributed by atoms with van der Waals surface area (Å²) in [6, 6.07) is 0. The van der Waals surface area contributed by atoms with Crippen molar-refractivity contribution in [3.05, 3.63) is 12.3 Å². The molecule has 0 amide bonds. The van der Waals surface area contributed by atoms with Crippen molar-refractivity contribution >= 4 is 16.8 Å². The van der Waals surface area contributed by atoms with Gasteiger partial charge in [-0.05, 0) is 6.42 Å². The first-order valence-corrected chi connectivity index (χ1v) is 4.72. The SMILES string of the molecule is CCCCCON1N=C(Cl)C=[C]N1. The average Bonchev–Trinajstić information content (AvgIpc) is 2.13. The second-order valence-corrected chi connectivity index (χ2v) is 3.02. The van der Waals surface area contributed by atoms with Gasteiger partial charge >= 0.3 is 0 Å². The number of hydrogen-bond donors (Lipinski definition) is 1. The lowest BCUT2D eigenvalue weighted by Gasteiger charge is -2.18. The van der Waals surface area contributed by atoms with E-state index in [0.29, 0.717) is 11.8 Å². The van der Waals surface area contributed by atoms with Crippen LogP contribution in [-0.4, -0.2) is 17.1 Å². The first-order chi connectivity index (χ1) is 6.33. The molecule has 0 atom stereocenters. The molecule has 0 aromatic carbocycles. The van der Waals surface area contributed by atoms with Gasteiger partial charge in [-0.1, -0.05) is 36.6 Å². The van der Waals surface area contributed by atoms with Gasteiger partial charge in [0.05, 0.1) is 12.8 Å². The van der Waals surface area contributed by atoms with Gasteiger partial charge in [0.1, 0.15) is 0 Å². The first kappa shape index (κ1) is 10.3. The van der Waals surface area contributed by atoms with E-state index in [-0.39, 0.29) is 0 Å². The number of unbranched alkanes of at least 4 members (excludes halogenated alkanes) is 2. The Hall–Kier alpha value is -0.740. The van der Waals surface area contributed by atoms with Crippen molar-refractivity contribution < 1.29 is 4.84 Å². The summed E-state index contributed by atoms with van der Waals surface area (Å²) in [6.07, 6.45) is 7.57. The summed E-state index contributed by atoms with van der Waals surface area (Å²) in [5.41, 5.74) is 2.66. The molecule has 1 N–H and O–H groups in total. The molecule has 0 saturated heterocycles. The quantitative estimate of drug-likeness (QED) is 0.691. The Labute approximate surface area is 83.1 Å². The van der Waals surface area contributed by atoms with Crippen molar-refractivity contribution in [2.75, 3.05) is 6.61 Å². The Morgan fingerprint density at radius 2 is 2.54 bits per heavy atom. The summed E-state index contributed by atoms with van der Waals surface area (Å²) < 4.78 is 0. The number of allylic oxidation sites excluding steroid dienone is 1. The lowest BCUT2D eigenvalue weighted by Crippen LogP contribution is -2.33. The van der Waals surface area contributed by atoms with Crippen LogP contribution in [-0.2, 0) is 4.84 Å². The fourth-order valence-electron chi connectivity index (χ4n) is 0.852. The highest BCUT2D eigenvalue weighted by molar-refractivity contribution is 6.68. The lowest BCUT2D eigenvalue weighted by atomic mass is 10.3. The molecule has 0 aromatic rings. The molecule has 0 aromatic heterocycles. The molecule has 0 saturated carbocycles. The Morgan fingerprint density at radius 3 is 3.23 bits per heavy atom. The Morgan fingerprint density at radius 1 is 1.69 bits per heavy atom. The number of hydrogen-bond acceptors (Lipinski definition) is 4. The third kappa shape index (κ3) is 4.15. The summed E-state index contributed by atoms with van der Waals surface area (Å²) in [4.78, 5) is 5.22. The molecule has 0 unspecified atom stereocenters. The van der Waals surface area contributed by atoms with Crippen LogP contribution in [0.3, 0.4) is 0 Å². The molecule has 1 rings (SSSR count). The molecule has 1 aliphatic rings. The number of nitrogens with one attached hydrogen (secondary N) is 1. The molecular formula is C8H13ClN3O. The third-order valence-corrected chi connectivity index (χ3v) is 1.68. The maximum Gasteiger partial charge on any atom is 0.155 e. The number of hydrazone groups is 1. The highest BCUT2D eigenvalue weighted by atomic mass is 35.5. The van der Waals surface area contributed by atoms with E-state index in [1.165, 1.54) is 17.8 Å². The largest absolute Gasteiger partial charge is 0.255 e. The third-order valence-electron chi connectivity index (χ3n) is 1.50. The topological polar surface area (TPSA) is 36.9 Å². The highest BCUT2D eigenvalue weighted by Gasteiger charge is 2.04. The van der Waals surface area contributed by atoms with Gasteiger partial charge in [-0.3, -0.25) is 5.43 Å². The van der Waals surface area contributed by atoms with Crippen LogP contribution in [0.5, 0.6) is 0 Å². The van der Waals surface area contributed by atoms with Gasteiger partial charge in [0.25, 0.3) is 0 Å². The van der Waals surface area contributed by atoms with Crippen molar-refractivity contribution in [3.8, 4) is 0 Å². The Bertz CT molecular complexity index is 206. The Balaban J connectivity index is 2.12. The summed E-state index contributed by atoms with van der Waals surface area (Å²) in [7, 11) is 0. The predicted molar refractivity (Wildman–Crippen MR) is 51.6 cm³/mol. The van der Waals surface area contributed by atoms with Crippen molar-refractivity contribution in [3.63, 3.8) is 0 Å². The zero-order valence-corrected chi connectivity index (χ0v) is 8.34. The zero-order valence-electron chi connectivity index (χ0n) is 7.59. The highest BCUT2D eigenvalue weighted by Crippen LogP contribution is 2.01. The molecule has 1 radical (unpaired) electrons. The van der Waals surface area contributed by atoms with Gasteiger partial charge in [0.2, 0.25) is 0 Å². The van der Waals surface area contributed by atoms with Gasteiger partial charge in [0.15, 0.2) is 5.17 Å². The second kappa shape index (κ2) is 5.83. The molecule has 73 valence electrons. The molecule has 0 aliphatic carbocycles. The van der Waals surface area contributed by atoms with Crippen molar-refractivity contribution in [2.45, 2.75) is 26.2 Å². The van der Waals surface area contributed by atoms with E-state index in [9.17, 15) is 0 Å². The fourth-order valence-corrected chi connectivity index (χ4v) is 0.975. The lowest BCUT2D eigenvalue weighted by molar-refractivity contribution is -0.189. The minimum atomic E-state index is 0.356. The molecule has 4 nitrogen and oxygen atoms in total. The normalized spacial score (nSPS) is 15.5. The van der Waals surface area contributed by atoms with Crippen molar-refractivity contribution in [1.29, 1.82) is 0 Å². The van der Waals surface area contributed by atoms with Crippen LogP contribution in [0.2, 0.25) is 0 Å². The van der Waals surface area contributed by atoms with Crippen molar-refractivity contribution in [2.24, 2.45) is 5.10 Å². The summed E-state index contributed by atoms with van der Waals surface area (Å²) in [5.74, 6) is 0. The second-order valence-electron chi connectivity index (χ2n) is 2.64. The van der Waals surface area contributed by atoms with Crippen LogP contribution in [0.4, 0.5) is 0 Å². The average molecular weight is 203 g/mol. The van der Waals surface area contributed by atoms with Crippen LogP contribution in [0.15, 0.2) is 11.2 Å². The van der Waals surface area contributed by atoms with E-state index in [2.05, 4.69) is 23.7 Å².